The number of nitrogens with zero attached hydrogens (tertiary/aromatic N) is 2. The number of sulfonamides is 1. The lowest BCUT2D eigenvalue weighted by Crippen LogP contribution is -2.47. The van der Waals surface area contributed by atoms with Crippen molar-refractivity contribution in [1.82, 2.24) is 4.31 Å². The number of hydrogen-bond donors (Lipinski definition) is 0. The first-order chi connectivity index (χ1) is 15.0. The Bertz CT molecular complexity index is 1080. The molecule has 0 bridgehead atoms. The summed E-state index contributed by atoms with van der Waals surface area (Å²) >= 11 is 0. The molecule has 3 rings (SSSR count). The highest BCUT2D eigenvalue weighted by Gasteiger charge is 2.36. The fourth-order valence-electron chi connectivity index (χ4n) is 4.79. The third-order valence-corrected chi connectivity index (χ3v) is 8.90. The zero-order chi connectivity index (χ0) is 23.6. The molecular weight excluding hydrogens is 420 g/mol. The summed E-state index contributed by atoms with van der Waals surface area (Å²) in [6, 6.07) is 9.54. The second kappa shape index (κ2) is 9.75. The van der Waals surface area contributed by atoms with Gasteiger partial charge >= 0.3 is 0 Å². The summed E-state index contributed by atoms with van der Waals surface area (Å²) in [6.07, 6.45) is 4.69. The molecule has 0 spiro atoms. The van der Waals surface area contributed by atoms with Crippen LogP contribution in [0, 0.1) is 34.6 Å². The standard InChI is InChI=1S/C26H36N2O3S/c1-18-14-21(4)26(22(5)15-18)32(30,31)28(23-10-8-7-9-11-23)17-25(29)27(6)24-13-12-19(2)20(3)16-24/h12-16,23H,7-11,17H2,1-6H3. The summed E-state index contributed by atoms with van der Waals surface area (Å²) in [5.41, 5.74) is 5.54. The molecule has 0 N–H and O–H groups in total. The Hall–Kier alpha value is -2.18. The second-order valence-corrected chi connectivity index (χ2v) is 11.1. The summed E-state index contributed by atoms with van der Waals surface area (Å²) in [5.74, 6) is -0.218. The molecule has 1 fully saturated rings. The van der Waals surface area contributed by atoms with Gasteiger partial charge in [0.15, 0.2) is 0 Å². The van der Waals surface area contributed by atoms with Crippen LogP contribution in [0.25, 0.3) is 0 Å². The van der Waals surface area contributed by atoms with Crippen LogP contribution in [0.3, 0.4) is 0 Å². The average molecular weight is 457 g/mol. The van der Waals surface area contributed by atoms with Crippen LogP contribution in [0.4, 0.5) is 5.69 Å². The lowest BCUT2D eigenvalue weighted by Gasteiger charge is -2.34. The third-order valence-electron chi connectivity index (χ3n) is 6.70. The molecule has 5 nitrogen and oxygen atoms in total. The number of aryl methyl sites for hydroxylation is 5. The van der Waals surface area contributed by atoms with Gasteiger partial charge in [-0.05, 0) is 81.8 Å². The highest BCUT2D eigenvalue weighted by atomic mass is 32.2. The molecule has 0 aliphatic heterocycles. The predicted octanol–water partition coefficient (Wildman–Crippen LogP) is 5.22. The molecule has 0 saturated heterocycles. The monoisotopic (exact) mass is 456 g/mol. The Balaban J connectivity index is 1.97. The molecule has 2 aromatic carbocycles. The molecule has 0 heterocycles. The molecule has 32 heavy (non-hydrogen) atoms. The minimum Gasteiger partial charge on any atom is -0.314 e. The van der Waals surface area contributed by atoms with E-state index in [0.29, 0.717) is 4.90 Å². The fraction of sp³-hybridized carbons (Fsp3) is 0.500. The second-order valence-electron chi connectivity index (χ2n) is 9.29. The maximum Gasteiger partial charge on any atom is 0.244 e. The van der Waals surface area contributed by atoms with Crippen LogP contribution in [0.1, 0.15) is 59.9 Å². The van der Waals surface area contributed by atoms with Gasteiger partial charge in [0, 0.05) is 18.8 Å². The maximum absolute atomic E-state index is 13.9. The van der Waals surface area contributed by atoms with Crippen LogP contribution in [0.15, 0.2) is 35.2 Å². The van der Waals surface area contributed by atoms with E-state index in [-0.39, 0.29) is 18.5 Å². The molecule has 6 heteroatoms. The van der Waals surface area contributed by atoms with E-state index in [1.54, 1.807) is 11.9 Å². The minimum atomic E-state index is -3.82. The number of benzene rings is 2. The number of rotatable bonds is 6. The molecule has 1 aliphatic rings. The van der Waals surface area contributed by atoms with Crippen LogP contribution in [-0.2, 0) is 14.8 Å². The summed E-state index contributed by atoms with van der Waals surface area (Å²) < 4.78 is 29.3. The van der Waals surface area contributed by atoms with E-state index < -0.39 is 10.0 Å². The van der Waals surface area contributed by atoms with Crippen molar-refractivity contribution in [2.45, 2.75) is 77.7 Å². The SMILES string of the molecule is Cc1cc(C)c(S(=O)(=O)N(CC(=O)N(C)c2ccc(C)c(C)c2)C2CCCCC2)c(C)c1. The highest BCUT2D eigenvalue weighted by Crippen LogP contribution is 2.31. The molecule has 0 atom stereocenters. The molecule has 0 radical (unpaired) electrons. The van der Waals surface area contributed by atoms with Crippen LogP contribution in [0.2, 0.25) is 0 Å². The number of carbonyl (C=O) groups is 1. The summed E-state index contributed by atoms with van der Waals surface area (Å²) in [5, 5.41) is 0. The van der Waals surface area contributed by atoms with E-state index >= 15 is 0 Å². The summed E-state index contributed by atoms with van der Waals surface area (Å²) in [7, 11) is -2.10. The lowest BCUT2D eigenvalue weighted by atomic mass is 9.95. The number of carbonyl (C=O) groups excluding carboxylic acids is 1. The zero-order valence-electron chi connectivity index (χ0n) is 20.2. The van der Waals surface area contributed by atoms with Gasteiger partial charge in [-0.25, -0.2) is 8.42 Å². The average Bonchev–Trinajstić information content (AvgIpc) is 2.72. The van der Waals surface area contributed by atoms with Gasteiger partial charge in [0.05, 0.1) is 11.4 Å². The van der Waals surface area contributed by atoms with Gasteiger partial charge in [-0.15, -0.1) is 0 Å². The van der Waals surface area contributed by atoms with E-state index in [2.05, 4.69) is 0 Å². The Morgan fingerprint density at radius 1 is 0.875 bits per heavy atom. The molecule has 1 saturated carbocycles. The largest absolute Gasteiger partial charge is 0.314 e. The van der Waals surface area contributed by atoms with E-state index in [4.69, 9.17) is 0 Å². The van der Waals surface area contributed by atoms with Crippen molar-refractivity contribution in [2.24, 2.45) is 0 Å². The van der Waals surface area contributed by atoms with Gasteiger partial charge in [0.1, 0.15) is 0 Å². The van der Waals surface area contributed by atoms with Crippen LogP contribution < -0.4 is 4.90 Å². The van der Waals surface area contributed by atoms with E-state index in [0.717, 1.165) is 65.6 Å². The zero-order valence-corrected chi connectivity index (χ0v) is 21.1. The van der Waals surface area contributed by atoms with E-state index in [1.807, 2.05) is 65.0 Å². The van der Waals surface area contributed by atoms with Crippen LogP contribution >= 0.6 is 0 Å². The van der Waals surface area contributed by atoms with Gasteiger partial charge < -0.3 is 4.90 Å². The Kier molecular flexibility index (Phi) is 7.46. The van der Waals surface area contributed by atoms with E-state index in [9.17, 15) is 13.2 Å². The molecular formula is C26H36N2O3S. The lowest BCUT2D eigenvalue weighted by molar-refractivity contribution is -0.119. The van der Waals surface area contributed by atoms with Crippen molar-refractivity contribution >= 4 is 21.6 Å². The van der Waals surface area contributed by atoms with Crippen LogP contribution in [0.5, 0.6) is 0 Å². The van der Waals surface area contributed by atoms with Gasteiger partial charge in [-0.1, -0.05) is 43.0 Å². The fourth-order valence-corrected chi connectivity index (χ4v) is 6.84. The topological polar surface area (TPSA) is 57.7 Å². The van der Waals surface area contributed by atoms with Crippen molar-refractivity contribution in [1.29, 1.82) is 0 Å². The Morgan fingerprint density at radius 2 is 1.47 bits per heavy atom. The Morgan fingerprint density at radius 3 is 2.03 bits per heavy atom. The first-order valence-electron chi connectivity index (χ1n) is 11.5. The number of hydrogen-bond acceptors (Lipinski definition) is 3. The Labute approximate surface area is 193 Å². The molecule has 1 amide bonds. The van der Waals surface area contributed by atoms with Gasteiger partial charge in [-0.2, -0.15) is 4.31 Å². The number of likely N-dealkylation sites (N-methyl/N-ethyl adjacent to an activating group) is 1. The van der Waals surface area contributed by atoms with Gasteiger partial charge in [-0.3, -0.25) is 4.79 Å². The minimum absolute atomic E-state index is 0.147. The molecule has 0 aromatic heterocycles. The van der Waals surface area contributed by atoms with Crippen molar-refractivity contribution in [3.63, 3.8) is 0 Å². The summed E-state index contributed by atoms with van der Waals surface area (Å²) in [4.78, 5) is 15.2. The quantitative estimate of drug-likeness (QED) is 0.599. The van der Waals surface area contributed by atoms with Crippen molar-refractivity contribution < 1.29 is 13.2 Å². The van der Waals surface area contributed by atoms with Gasteiger partial charge in [0.2, 0.25) is 15.9 Å². The first-order valence-corrected chi connectivity index (χ1v) is 12.9. The maximum atomic E-state index is 13.9. The molecule has 2 aromatic rings. The third kappa shape index (κ3) is 5.07. The molecule has 1 aliphatic carbocycles. The van der Waals surface area contributed by atoms with Crippen LogP contribution in [-0.4, -0.2) is 38.3 Å². The smallest absolute Gasteiger partial charge is 0.244 e. The number of anilines is 1. The van der Waals surface area contributed by atoms with Crippen molar-refractivity contribution in [3.05, 3.63) is 58.1 Å². The molecule has 0 unspecified atom stereocenters. The van der Waals surface area contributed by atoms with Crippen molar-refractivity contribution in [2.75, 3.05) is 18.5 Å². The van der Waals surface area contributed by atoms with Gasteiger partial charge in [0.25, 0.3) is 0 Å². The summed E-state index contributed by atoms with van der Waals surface area (Å²) in [6.45, 7) is 9.55. The predicted molar refractivity (Wildman–Crippen MR) is 131 cm³/mol. The molecule has 174 valence electrons. The van der Waals surface area contributed by atoms with Crippen molar-refractivity contribution in [3.8, 4) is 0 Å². The normalized spacial score (nSPS) is 15.2. The highest BCUT2D eigenvalue weighted by molar-refractivity contribution is 7.89. The first kappa shape index (κ1) is 24.5. The number of amides is 1. The van der Waals surface area contributed by atoms with E-state index in [1.165, 1.54) is 4.31 Å².